The third-order valence-corrected chi connectivity index (χ3v) is 4.57. The molecule has 100 valence electrons. The SMILES string of the molecule is Cc1ccc(C)c(CSC(C)(C)[C@@H](N)C(=O)O)c1. The van der Waals surface area contributed by atoms with Gasteiger partial charge in [-0.3, -0.25) is 4.79 Å². The summed E-state index contributed by atoms with van der Waals surface area (Å²) in [5, 5.41) is 8.98. The van der Waals surface area contributed by atoms with E-state index in [-0.39, 0.29) is 0 Å². The molecule has 0 saturated heterocycles. The molecule has 18 heavy (non-hydrogen) atoms. The van der Waals surface area contributed by atoms with E-state index in [1.165, 1.54) is 16.7 Å². The van der Waals surface area contributed by atoms with Crippen molar-refractivity contribution in [3.8, 4) is 0 Å². The highest BCUT2D eigenvalue weighted by atomic mass is 32.2. The highest BCUT2D eigenvalue weighted by Gasteiger charge is 2.32. The van der Waals surface area contributed by atoms with Crippen LogP contribution in [0.4, 0.5) is 0 Å². The molecule has 4 heteroatoms. The van der Waals surface area contributed by atoms with Gasteiger partial charge in [-0.2, -0.15) is 0 Å². The van der Waals surface area contributed by atoms with Gasteiger partial charge in [-0.25, -0.2) is 0 Å². The fraction of sp³-hybridized carbons (Fsp3) is 0.500. The lowest BCUT2D eigenvalue weighted by Gasteiger charge is -2.28. The van der Waals surface area contributed by atoms with Gasteiger partial charge < -0.3 is 10.8 Å². The van der Waals surface area contributed by atoms with E-state index in [9.17, 15) is 4.79 Å². The smallest absolute Gasteiger partial charge is 0.321 e. The number of nitrogens with two attached hydrogens (primary N) is 1. The van der Waals surface area contributed by atoms with Crippen LogP contribution in [0.3, 0.4) is 0 Å². The number of hydrogen-bond acceptors (Lipinski definition) is 3. The van der Waals surface area contributed by atoms with Gasteiger partial charge in [-0.05, 0) is 38.8 Å². The van der Waals surface area contributed by atoms with Crippen molar-refractivity contribution in [3.05, 3.63) is 34.9 Å². The average Bonchev–Trinajstić information content (AvgIpc) is 2.29. The van der Waals surface area contributed by atoms with Crippen LogP contribution in [-0.4, -0.2) is 21.9 Å². The van der Waals surface area contributed by atoms with Gasteiger partial charge in [0.25, 0.3) is 0 Å². The van der Waals surface area contributed by atoms with Gasteiger partial charge in [0, 0.05) is 10.5 Å². The topological polar surface area (TPSA) is 63.3 Å². The van der Waals surface area contributed by atoms with Crippen molar-refractivity contribution >= 4 is 17.7 Å². The maximum Gasteiger partial charge on any atom is 0.321 e. The molecule has 1 aromatic carbocycles. The Hall–Kier alpha value is -1.00. The second kappa shape index (κ2) is 5.76. The molecule has 0 unspecified atom stereocenters. The summed E-state index contributed by atoms with van der Waals surface area (Å²) < 4.78 is -0.484. The molecule has 0 aliphatic carbocycles. The van der Waals surface area contributed by atoms with E-state index < -0.39 is 16.8 Å². The van der Waals surface area contributed by atoms with E-state index in [1.54, 1.807) is 11.8 Å². The minimum atomic E-state index is -0.950. The number of carboxylic acid groups (broad SMARTS) is 1. The Kier molecular flexibility index (Phi) is 4.82. The molecule has 0 spiro atoms. The summed E-state index contributed by atoms with van der Waals surface area (Å²) in [6, 6.07) is 5.46. The van der Waals surface area contributed by atoms with E-state index in [2.05, 4.69) is 32.0 Å². The second-order valence-corrected chi connectivity index (χ2v) is 6.77. The molecule has 3 nitrogen and oxygen atoms in total. The van der Waals surface area contributed by atoms with Crippen LogP contribution in [-0.2, 0) is 10.5 Å². The normalized spacial score (nSPS) is 13.4. The second-order valence-electron chi connectivity index (χ2n) is 5.14. The zero-order valence-electron chi connectivity index (χ0n) is 11.4. The molecular weight excluding hydrogens is 246 g/mol. The number of aryl methyl sites for hydroxylation is 2. The Labute approximate surface area is 113 Å². The minimum absolute atomic E-state index is 0.484. The lowest BCUT2D eigenvalue weighted by molar-refractivity contribution is -0.139. The first-order chi connectivity index (χ1) is 8.24. The summed E-state index contributed by atoms with van der Waals surface area (Å²) in [5.74, 6) is -0.171. The first-order valence-electron chi connectivity index (χ1n) is 5.92. The predicted molar refractivity (Wildman–Crippen MR) is 76.9 cm³/mol. The Bertz CT molecular complexity index is 443. The van der Waals surface area contributed by atoms with Crippen LogP contribution in [0.2, 0.25) is 0 Å². The van der Waals surface area contributed by atoms with Crippen molar-refractivity contribution < 1.29 is 9.90 Å². The molecule has 1 aromatic rings. The molecule has 1 rings (SSSR count). The van der Waals surface area contributed by atoms with Gasteiger partial charge in [-0.1, -0.05) is 23.8 Å². The number of thioether (sulfide) groups is 1. The van der Waals surface area contributed by atoms with Crippen molar-refractivity contribution in [2.45, 2.75) is 44.2 Å². The Balaban J connectivity index is 2.75. The maximum atomic E-state index is 10.9. The number of carbonyl (C=O) groups is 1. The lowest BCUT2D eigenvalue weighted by atomic mass is 10.1. The molecule has 0 radical (unpaired) electrons. The van der Waals surface area contributed by atoms with E-state index in [1.807, 2.05) is 13.8 Å². The van der Waals surface area contributed by atoms with Crippen molar-refractivity contribution in [3.63, 3.8) is 0 Å². The quantitative estimate of drug-likeness (QED) is 0.861. The lowest BCUT2D eigenvalue weighted by Crippen LogP contribution is -2.46. The summed E-state index contributed by atoms with van der Waals surface area (Å²) in [5.41, 5.74) is 9.40. The molecule has 0 saturated carbocycles. The largest absolute Gasteiger partial charge is 0.480 e. The van der Waals surface area contributed by atoms with E-state index in [0.717, 1.165) is 5.75 Å². The van der Waals surface area contributed by atoms with E-state index >= 15 is 0 Å². The molecule has 0 aliphatic heterocycles. The van der Waals surface area contributed by atoms with Gasteiger partial charge >= 0.3 is 5.97 Å². The Morgan fingerprint density at radius 3 is 2.61 bits per heavy atom. The highest BCUT2D eigenvalue weighted by Crippen LogP contribution is 2.31. The Morgan fingerprint density at radius 2 is 2.06 bits per heavy atom. The van der Waals surface area contributed by atoms with Gasteiger partial charge in [0.05, 0.1) is 0 Å². The molecule has 0 bridgehead atoms. The number of rotatable bonds is 5. The molecule has 0 amide bonds. The van der Waals surface area contributed by atoms with Crippen LogP contribution < -0.4 is 5.73 Å². The number of carboxylic acids is 1. The molecule has 0 heterocycles. The summed E-state index contributed by atoms with van der Waals surface area (Å²) in [6.45, 7) is 7.88. The molecule has 1 atom stereocenters. The molecule has 3 N–H and O–H groups in total. The third kappa shape index (κ3) is 3.75. The predicted octanol–water partition coefficient (Wildman–Crippen LogP) is 2.73. The van der Waals surface area contributed by atoms with Gasteiger partial charge in [-0.15, -0.1) is 11.8 Å². The monoisotopic (exact) mass is 267 g/mol. The van der Waals surface area contributed by atoms with E-state index in [4.69, 9.17) is 10.8 Å². The molecule has 0 aliphatic rings. The van der Waals surface area contributed by atoms with E-state index in [0.29, 0.717) is 0 Å². The third-order valence-electron chi connectivity index (χ3n) is 3.12. The number of aliphatic carboxylic acids is 1. The van der Waals surface area contributed by atoms with Crippen molar-refractivity contribution in [1.29, 1.82) is 0 Å². The molecule has 0 fully saturated rings. The van der Waals surface area contributed by atoms with Crippen molar-refractivity contribution in [1.82, 2.24) is 0 Å². The van der Waals surface area contributed by atoms with Crippen LogP contribution in [0, 0.1) is 13.8 Å². The zero-order chi connectivity index (χ0) is 13.9. The van der Waals surface area contributed by atoms with Gasteiger partial charge in [0.15, 0.2) is 0 Å². The van der Waals surface area contributed by atoms with Crippen molar-refractivity contribution in [2.75, 3.05) is 0 Å². The van der Waals surface area contributed by atoms with Crippen LogP contribution in [0.25, 0.3) is 0 Å². The summed E-state index contributed by atoms with van der Waals surface area (Å²) in [7, 11) is 0. The average molecular weight is 267 g/mol. The van der Waals surface area contributed by atoms with Crippen LogP contribution >= 0.6 is 11.8 Å². The van der Waals surface area contributed by atoms with Crippen LogP contribution in [0.5, 0.6) is 0 Å². The van der Waals surface area contributed by atoms with Crippen LogP contribution in [0.1, 0.15) is 30.5 Å². The molecular formula is C14H21NO2S. The fourth-order valence-corrected chi connectivity index (χ4v) is 2.73. The first-order valence-corrected chi connectivity index (χ1v) is 6.91. The number of benzene rings is 1. The highest BCUT2D eigenvalue weighted by molar-refractivity contribution is 7.99. The van der Waals surface area contributed by atoms with Gasteiger partial charge in [0.2, 0.25) is 0 Å². The summed E-state index contributed by atoms with van der Waals surface area (Å²) >= 11 is 1.59. The van der Waals surface area contributed by atoms with Crippen molar-refractivity contribution in [2.24, 2.45) is 5.73 Å². The van der Waals surface area contributed by atoms with Crippen LogP contribution in [0.15, 0.2) is 18.2 Å². The fourth-order valence-electron chi connectivity index (χ4n) is 1.61. The summed E-state index contributed by atoms with van der Waals surface area (Å²) in [6.07, 6.45) is 0. The number of hydrogen-bond donors (Lipinski definition) is 2. The maximum absolute atomic E-state index is 10.9. The first kappa shape index (κ1) is 15.1. The zero-order valence-corrected chi connectivity index (χ0v) is 12.2. The minimum Gasteiger partial charge on any atom is -0.480 e. The van der Waals surface area contributed by atoms with Gasteiger partial charge in [0.1, 0.15) is 6.04 Å². The standard InChI is InChI=1S/C14H21NO2S/c1-9-5-6-10(2)11(7-9)8-18-14(3,4)12(15)13(16)17/h5-7,12H,8,15H2,1-4H3,(H,16,17)/t12-/m0/s1. The molecule has 0 aromatic heterocycles. The summed E-state index contributed by atoms with van der Waals surface area (Å²) in [4.78, 5) is 10.9. The Morgan fingerprint density at radius 1 is 1.44 bits per heavy atom.